The van der Waals surface area contributed by atoms with E-state index in [2.05, 4.69) is 17.6 Å². The summed E-state index contributed by atoms with van der Waals surface area (Å²) in [6.07, 6.45) is 8.57. The van der Waals surface area contributed by atoms with Gasteiger partial charge >= 0.3 is 0 Å². The molecule has 1 unspecified atom stereocenters. The smallest absolute Gasteiger partial charge is 0.00671 e. The summed E-state index contributed by atoms with van der Waals surface area (Å²) in [5.74, 6) is 1.89. The van der Waals surface area contributed by atoms with Crippen LogP contribution < -0.4 is 10.6 Å². The van der Waals surface area contributed by atoms with E-state index in [4.69, 9.17) is 0 Å². The Balaban J connectivity index is 1.63. The van der Waals surface area contributed by atoms with Crippen LogP contribution in [0.3, 0.4) is 0 Å². The molecule has 1 aliphatic carbocycles. The predicted molar refractivity (Wildman–Crippen MR) is 65.0 cm³/mol. The minimum Gasteiger partial charge on any atom is -0.317 e. The van der Waals surface area contributed by atoms with Gasteiger partial charge in [0.15, 0.2) is 0 Å². The highest BCUT2D eigenvalue weighted by Crippen LogP contribution is 2.27. The lowest BCUT2D eigenvalue weighted by Crippen LogP contribution is -2.39. The van der Waals surface area contributed by atoms with Crippen LogP contribution in [0.25, 0.3) is 0 Å². The maximum atomic E-state index is 3.77. The van der Waals surface area contributed by atoms with Crippen LogP contribution in [0, 0.1) is 11.8 Å². The fourth-order valence-corrected chi connectivity index (χ4v) is 3.06. The fraction of sp³-hybridized carbons (Fsp3) is 1.00. The third kappa shape index (κ3) is 3.46. The molecule has 1 heterocycles. The van der Waals surface area contributed by atoms with Crippen LogP contribution >= 0.6 is 0 Å². The Kier molecular flexibility index (Phi) is 4.45. The van der Waals surface area contributed by atoms with Crippen molar-refractivity contribution in [3.8, 4) is 0 Å². The molecule has 2 aliphatic rings. The van der Waals surface area contributed by atoms with Crippen molar-refractivity contribution < 1.29 is 0 Å². The molecule has 1 saturated heterocycles. The molecular formula is C13H26N2. The summed E-state index contributed by atoms with van der Waals surface area (Å²) >= 11 is 0. The minimum absolute atomic E-state index is 0.752. The first-order valence-corrected chi connectivity index (χ1v) is 6.80. The summed E-state index contributed by atoms with van der Waals surface area (Å²) < 4.78 is 0. The van der Waals surface area contributed by atoms with Crippen LogP contribution in [-0.2, 0) is 0 Å². The van der Waals surface area contributed by atoms with Crippen molar-refractivity contribution in [3.63, 3.8) is 0 Å². The number of nitrogens with one attached hydrogen (secondary N) is 2. The largest absolute Gasteiger partial charge is 0.317 e. The van der Waals surface area contributed by atoms with E-state index in [1.807, 2.05) is 0 Å². The van der Waals surface area contributed by atoms with E-state index < -0.39 is 0 Å². The third-order valence-electron chi connectivity index (χ3n) is 4.29. The molecule has 0 aromatic carbocycles. The van der Waals surface area contributed by atoms with Gasteiger partial charge in [-0.3, -0.25) is 0 Å². The van der Waals surface area contributed by atoms with Gasteiger partial charge < -0.3 is 10.6 Å². The zero-order chi connectivity index (χ0) is 10.5. The molecule has 0 aromatic rings. The van der Waals surface area contributed by atoms with Gasteiger partial charge in [0.25, 0.3) is 0 Å². The molecule has 0 aromatic heterocycles. The lowest BCUT2D eigenvalue weighted by molar-refractivity contribution is 0.310. The van der Waals surface area contributed by atoms with Gasteiger partial charge in [0.2, 0.25) is 0 Å². The zero-order valence-corrected chi connectivity index (χ0v) is 10.1. The Morgan fingerprint density at radius 2 is 1.80 bits per heavy atom. The van der Waals surface area contributed by atoms with Crippen molar-refractivity contribution in [1.82, 2.24) is 10.6 Å². The molecule has 88 valence electrons. The van der Waals surface area contributed by atoms with Crippen LogP contribution in [0.5, 0.6) is 0 Å². The second kappa shape index (κ2) is 5.86. The van der Waals surface area contributed by atoms with Gasteiger partial charge in [-0.15, -0.1) is 0 Å². The highest BCUT2D eigenvalue weighted by atomic mass is 14.9. The molecule has 1 aliphatic heterocycles. The predicted octanol–water partition coefficient (Wildman–Crippen LogP) is 2.15. The SMILES string of the molecule is CC(NCC1CCNCC1)C1CCCC1. The topological polar surface area (TPSA) is 24.1 Å². The molecule has 0 bridgehead atoms. The van der Waals surface area contributed by atoms with Gasteiger partial charge in [-0.1, -0.05) is 12.8 Å². The van der Waals surface area contributed by atoms with E-state index in [0.717, 1.165) is 17.9 Å². The van der Waals surface area contributed by atoms with Crippen LogP contribution in [0.1, 0.15) is 45.4 Å². The first kappa shape index (κ1) is 11.4. The maximum absolute atomic E-state index is 3.77. The molecule has 2 nitrogen and oxygen atoms in total. The third-order valence-corrected chi connectivity index (χ3v) is 4.29. The Morgan fingerprint density at radius 3 is 2.47 bits per heavy atom. The highest BCUT2D eigenvalue weighted by molar-refractivity contribution is 4.79. The quantitative estimate of drug-likeness (QED) is 0.743. The monoisotopic (exact) mass is 210 g/mol. The number of piperidine rings is 1. The van der Waals surface area contributed by atoms with Gasteiger partial charge in [0.1, 0.15) is 0 Å². The summed E-state index contributed by atoms with van der Waals surface area (Å²) in [4.78, 5) is 0. The Bertz CT molecular complexity index is 169. The van der Waals surface area contributed by atoms with Crippen molar-refractivity contribution in [2.75, 3.05) is 19.6 Å². The summed E-state index contributed by atoms with van der Waals surface area (Å²) in [6, 6.07) is 0.752. The first-order chi connectivity index (χ1) is 7.36. The molecular weight excluding hydrogens is 184 g/mol. The normalized spacial score (nSPS) is 27.0. The standard InChI is InChI=1S/C13H26N2/c1-11(13-4-2-3-5-13)15-10-12-6-8-14-9-7-12/h11-15H,2-10H2,1H3. The highest BCUT2D eigenvalue weighted by Gasteiger charge is 2.22. The molecule has 15 heavy (non-hydrogen) atoms. The second-order valence-electron chi connectivity index (χ2n) is 5.43. The molecule has 0 spiro atoms. The molecule has 2 N–H and O–H groups in total. The molecule has 2 fully saturated rings. The zero-order valence-electron chi connectivity index (χ0n) is 10.1. The summed E-state index contributed by atoms with van der Waals surface area (Å²) in [6.45, 7) is 6.09. The van der Waals surface area contributed by atoms with Crippen LogP contribution in [0.15, 0.2) is 0 Å². The second-order valence-corrected chi connectivity index (χ2v) is 5.43. The Labute approximate surface area is 94.2 Å². The van der Waals surface area contributed by atoms with Crippen molar-refractivity contribution in [1.29, 1.82) is 0 Å². The summed E-state index contributed by atoms with van der Waals surface area (Å²) in [7, 11) is 0. The molecule has 0 radical (unpaired) electrons. The molecule has 2 heteroatoms. The average Bonchev–Trinajstić information content (AvgIpc) is 2.81. The van der Waals surface area contributed by atoms with Gasteiger partial charge in [-0.2, -0.15) is 0 Å². The van der Waals surface area contributed by atoms with Crippen LogP contribution in [-0.4, -0.2) is 25.7 Å². The lowest BCUT2D eigenvalue weighted by atomic mass is 9.95. The van der Waals surface area contributed by atoms with Gasteiger partial charge in [0, 0.05) is 6.04 Å². The molecule has 1 atom stereocenters. The van der Waals surface area contributed by atoms with E-state index >= 15 is 0 Å². The lowest BCUT2D eigenvalue weighted by Gasteiger charge is -2.27. The van der Waals surface area contributed by atoms with Crippen molar-refractivity contribution in [2.45, 2.75) is 51.5 Å². The van der Waals surface area contributed by atoms with Gasteiger partial charge in [-0.05, 0) is 64.1 Å². The Morgan fingerprint density at radius 1 is 1.13 bits per heavy atom. The Hall–Kier alpha value is -0.0800. The number of hydrogen-bond acceptors (Lipinski definition) is 2. The number of hydrogen-bond donors (Lipinski definition) is 2. The maximum Gasteiger partial charge on any atom is 0.00671 e. The van der Waals surface area contributed by atoms with Crippen molar-refractivity contribution in [3.05, 3.63) is 0 Å². The van der Waals surface area contributed by atoms with E-state index in [-0.39, 0.29) is 0 Å². The summed E-state index contributed by atoms with van der Waals surface area (Å²) in [5.41, 5.74) is 0. The molecule has 0 amide bonds. The average molecular weight is 210 g/mol. The number of rotatable bonds is 4. The van der Waals surface area contributed by atoms with E-state index in [9.17, 15) is 0 Å². The van der Waals surface area contributed by atoms with Crippen molar-refractivity contribution in [2.24, 2.45) is 11.8 Å². The van der Waals surface area contributed by atoms with Crippen LogP contribution in [0.2, 0.25) is 0 Å². The first-order valence-electron chi connectivity index (χ1n) is 6.80. The summed E-state index contributed by atoms with van der Waals surface area (Å²) in [5, 5.41) is 7.20. The van der Waals surface area contributed by atoms with Crippen molar-refractivity contribution >= 4 is 0 Å². The van der Waals surface area contributed by atoms with E-state index in [1.54, 1.807) is 0 Å². The van der Waals surface area contributed by atoms with Gasteiger partial charge in [-0.25, -0.2) is 0 Å². The molecule has 2 rings (SSSR count). The van der Waals surface area contributed by atoms with E-state index in [1.165, 1.54) is 58.2 Å². The minimum atomic E-state index is 0.752. The van der Waals surface area contributed by atoms with Gasteiger partial charge in [0.05, 0.1) is 0 Å². The molecule has 1 saturated carbocycles. The van der Waals surface area contributed by atoms with E-state index in [0.29, 0.717) is 0 Å². The van der Waals surface area contributed by atoms with Crippen LogP contribution in [0.4, 0.5) is 0 Å². The fourth-order valence-electron chi connectivity index (χ4n) is 3.06.